The van der Waals surface area contributed by atoms with Gasteiger partial charge in [-0.25, -0.2) is 0 Å². The number of carbonyl (C=O) groups excluding carboxylic acids is 1. The minimum atomic E-state index is -0.970. The molecule has 0 aromatic heterocycles. The van der Waals surface area contributed by atoms with E-state index in [1.807, 2.05) is 18.2 Å². The predicted octanol–water partition coefficient (Wildman–Crippen LogP) is 0.355. The molecule has 0 aliphatic carbocycles. The van der Waals surface area contributed by atoms with Crippen LogP contribution in [0.3, 0.4) is 0 Å². The highest BCUT2D eigenvalue weighted by Crippen LogP contribution is 1.92. The van der Waals surface area contributed by atoms with Gasteiger partial charge in [-0.15, -0.1) is 0 Å². The van der Waals surface area contributed by atoms with Gasteiger partial charge in [-0.1, -0.05) is 35.9 Å². The first kappa shape index (κ1) is 11.6. The number of benzene rings is 1. The number of nitrogens with two attached hydrogens (primary N) is 2. The molecule has 0 radical (unpaired) electrons. The lowest BCUT2D eigenvalue weighted by molar-refractivity contribution is -0.132. The van der Waals surface area contributed by atoms with Crippen LogP contribution in [0.2, 0.25) is 0 Å². The second-order valence-corrected chi connectivity index (χ2v) is 2.35. The predicted molar refractivity (Wildman–Crippen MR) is 50.5 cm³/mol. The number of rotatable bonds is 2. The third-order valence-corrected chi connectivity index (χ3v) is 1.15. The Hall–Kier alpha value is -1.39. The fraction of sp³-hybridized carbons (Fsp3) is 0.222. The van der Waals surface area contributed by atoms with Crippen molar-refractivity contribution in [1.29, 1.82) is 0 Å². The molecule has 4 nitrogen and oxygen atoms in total. The van der Waals surface area contributed by atoms with Crippen LogP contribution in [0.1, 0.15) is 5.56 Å². The van der Waals surface area contributed by atoms with Gasteiger partial charge in [0.15, 0.2) is 0 Å². The molecule has 0 heterocycles. The molecule has 0 aliphatic rings. The second-order valence-electron chi connectivity index (χ2n) is 2.35. The van der Waals surface area contributed by atoms with Crippen molar-refractivity contribution in [3.8, 4) is 0 Å². The minimum absolute atomic E-state index is 0.199. The van der Waals surface area contributed by atoms with Crippen LogP contribution in [0.15, 0.2) is 30.3 Å². The SMILES string of the molecule is Cc1ccccc1.NC(N)OC=O. The van der Waals surface area contributed by atoms with E-state index in [1.165, 1.54) is 5.56 Å². The number of carbonyl (C=O) groups is 1. The van der Waals surface area contributed by atoms with Crippen molar-refractivity contribution in [2.24, 2.45) is 11.5 Å². The molecule has 0 atom stereocenters. The largest absolute Gasteiger partial charge is 0.436 e. The Balaban J connectivity index is 0.000000226. The van der Waals surface area contributed by atoms with Crippen molar-refractivity contribution < 1.29 is 9.53 Å². The van der Waals surface area contributed by atoms with E-state index in [0.717, 1.165) is 0 Å². The molecule has 1 aromatic rings. The van der Waals surface area contributed by atoms with Gasteiger partial charge in [0.2, 0.25) is 6.35 Å². The molecule has 13 heavy (non-hydrogen) atoms. The van der Waals surface area contributed by atoms with Crippen molar-refractivity contribution in [2.75, 3.05) is 0 Å². The topological polar surface area (TPSA) is 78.3 Å². The highest BCUT2D eigenvalue weighted by Gasteiger charge is 1.83. The number of aryl methyl sites for hydroxylation is 1. The molecular formula is C9H14N2O2. The van der Waals surface area contributed by atoms with Crippen LogP contribution >= 0.6 is 0 Å². The summed E-state index contributed by atoms with van der Waals surface area (Å²) in [5.41, 5.74) is 10.8. The van der Waals surface area contributed by atoms with Gasteiger partial charge in [0.05, 0.1) is 0 Å². The van der Waals surface area contributed by atoms with Crippen molar-refractivity contribution in [3.05, 3.63) is 35.9 Å². The van der Waals surface area contributed by atoms with Crippen molar-refractivity contribution >= 4 is 6.47 Å². The van der Waals surface area contributed by atoms with Gasteiger partial charge in [-0.2, -0.15) is 0 Å². The van der Waals surface area contributed by atoms with Crippen LogP contribution in [-0.2, 0) is 9.53 Å². The Morgan fingerprint density at radius 1 is 1.31 bits per heavy atom. The van der Waals surface area contributed by atoms with Crippen LogP contribution in [0.4, 0.5) is 0 Å². The summed E-state index contributed by atoms with van der Waals surface area (Å²) < 4.78 is 3.92. The summed E-state index contributed by atoms with van der Waals surface area (Å²) in [5.74, 6) is 0. The molecular weight excluding hydrogens is 168 g/mol. The fourth-order valence-electron chi connectivity index (χ4n) is 0.599. The third kappa shape index (κ3) is 8.52. The molecule has 0 saturated heterocycles. The first-order valence-corrected chi connectivity index (χ1v) is 3.78. The summed E-state index contributed by atoms with van der Waals surface area (Å²) in [7, 11) is 0. The van der Waals surface area contributed by atoms with Gasteiger partial charge in [0, 0.05) is 0 Å². The lowest BCUT2D eigenvalue weighted by atomic mass is 10.2. The molecule has 0 spiro atoms. The summed E-state index contributed by atoms with van der Waals surface area (Å²) in [4.78, 5) is 9.23. The molecule has 0 bridgehead atoms. The molecule has 0 unspecified atom stereocenters. The lowest BCUT2D eigenvalue weighted by Crippen LogP contribution is -2.32. The van der Waals surface area contributed by atoms with E-state index in [2.05, 4.69) is 23.8 Å². The second kappa shape index (κ2) is 7.27. The highest BCUT2D eigenvalue weighted by molar-refractivity contribution is 5.37. The first-order valence-electron chi connectivity index (χ1n) is 3.78. The molecule has 0 amide bonds. The van der Waals surface area contributed by atoms with Gasteiger partial charge in [0.25, 0.3) is 6.47 Å². The smallest absolute Gasteiger partial charge is 0.295 e. The zero-order chi connectivity index (χ0) is 10.1. The number of hydrogen-bond acceptors (Lipinski definition) is 4. The first-order chi connectivity index (χ1) is 6.16. The van der Waals surface area contributed by atoms with Gasteiger partial charge >= 0.3 is 0 Å². The Morgan fingerprint density at radius 2 is 1.85 bits per heavy atom. The molecule has 0 aliphatic heterocycles. The van der Waals surface area contributed by atoms with Crippen LogP contribution in [0.25, 0.3) is 0 Å². The summed E-state index contributed by atoms with van der Waals surface area (Å²) >= 11 is 0. The maximum Gasteiger partial charge on any atom is 0.295 e. The number of ether oxygens (including phenoxy) is 1. The molecule has 0 fully saturated rings. The molecule has 0 saturated carbocycles. The standard InChI is InChI=1S/C7H8.C2H6N2O2/c1-7-5-3-2-4-6-7;3-2(4)6-1-5/h2-6H,1H3;1-2H,3-4H2. The van der Waals surface area contributed by atoms with E-state index in [-0.39, 0.29) is 6.47 Å². The molecule has 4 heteroatoms. The zero-order valence-corrected chi connectivity index (χ0v) is 7.51. The van der Waals surface area contributed by atoms with Gasteiger partial charge in [0.1, 0.15) is 0 Å². The van der Waals surface area contributed by atoms with Crippen LogP contribution in [-0.4, -0.2) is 12.8 Å². The summed E-state index contributed by atoms with van der Waals surface area (Å²) in [6.45, 7) is 2.28. The molecule has 1 rings (SSSR count). The quantitative estimate of drug-likeness (QED) is 0.511. The van der Waals surface area contributed by atoms with Crippen molar-refractivity contribution in [2.45, 2.75) is 13.3 Å². The summed E-state index contributed by atoms with van der Waals surface area (Å²) in [6, 6.07) is 10.3. The maximum atomic E-state index is 9.23. The van der Waals surface area contributed by atoms with E-state index >= 15 is 0 Å². The van der Waals surface area contributed by atoms with E-state index in [1.54, 1.807) is 0 Å². The molecule has 4 N–H and O–H groups in total. The lowest BCUT2D eigenvalue weighted by Gasteiger charge is -1.96. The molecule has 72 valence electrons. The van der Waals surface area contributed by atoms with Crippen molar-refractivity contribution in [1.82, 2.24) is 0 Å². The van der Waals surface area contributed by atoms with Crippen LogP contribution in [0.5, 0.6) is 0 Å². The Bertz CT molecular complexity index is 224. The van der Waals surface area contributed by atoms with E-state index < -0.39 is 6.35 Å². The van der Waals surface area contributed by atoms with Crippen LogP contribution < -0.4 is 11.5 Å². The average Bonchev–Trinajstić information content (AvgIpc) is 2.06. The Morgan fingerprint density at radius 3 is 2.00 bits per heavy atom. The third-order valence-electron chi connectivity index (χ3n) is 1.15. The number of hydrogen-bond donors (Lipinski definition) is 2. The van der Waals surface area contributed by atoms with Crippen LogP contribution in [0, 0.1) is 6.92 Å². The van der Waals surface area contributed by atoms with Crippen molar-refractivity contribution in [3.63, 3.8) is 0 Å². The zero-order valence-electron chi connectivity index (χ0n) is 7.51. The highest BCUT2D eigenvalue weighted by atomic mass is 16.5. The monoisotopic (exact) mass is 182 g/mol. The van der Waals surface area contributed by atoms with E-state index in [4.69, 9.17) is 11.5 Å². The fourth-order valence-corrected chi connectivity index (χ4v) is 0.599. The Labute approximate surface area is 77.5 Å². The maximum absolute atomic E-state index is 9.23. The van der Waals surface area contributed by atoms with E-state index in [9.17, 15) is 4.79 Å². The summed E-state index contributed by atoms with van der Waals surface area (Å²) in [6.07, 6.45) is -0.970. The van der Waals surface area contributed by atoms with E-state index in [0.29, 0.717) is 0 Å². The average molecular weight is 182 g/mol. The minimum Gasteiger partial charge on any atom is -0.436 e. The van der Waals surface area contributed by atoms with Gasteiger partial charge < -0.3 is 4.74 Å². The normalized spacial score (nSPS) is 8.62. The van der Waals surface area contributed by atoms with Gasteiger partial charge in [-0.3, -0.25) is 16.3 Å². The molecule has 1 aromatic carbocycles. The Kier molecular flexibility index (Phi) is 6.49. The van der Waals surface area contributed by atoms with Gasteiger partial charge in [-0.05, 0) is 6.92 Å². The summed E-state index contributed by atoms with van der Waals surface area (Å²) in [5, 5.41) is 0.